The summed E-state index contributed by atoms with van der Waals surface area (Å²) in [5, 5.41) is 17.7. The molecule has 1 aliphatic carbocycles. The van der Waals surface area contributed by atoms with E-state index in [0.717, 1.165) is 19.3 Å². The molecular formula is C13H22N2O4S. The number of sulfonamides is 1. The van der Waals surface area contributed by atoms with E-state index in [0.29, 0.717) is 18.2 Å². The quantitative estimate of drug-likeness (QED) is 0.751. The maximum atomic E-state index is 11.1. The van der Waals surface area contributed by atoms with Gasteiger partial charge in [0.15, 0.2) is 0 Å². The van der Waals surface area contributed by atoms with Gasteiger partial charge in [0, 0.05) is 5.54 Å². The minimum Gasteiger partial charge on any atom is -0.447 e. The minimum atomic E-state index is -3.80. The van der Waals surface area contributed by atoms with Crippen LogP contribution in [0.2, 0.25) is 0 Å². The number of hydrogen-bond donors (Lipinski definition) is 3. The molecule has 4 N–H and O–H groups in total. The molecule has 1 heterocycles. The van der Waals surface area contributed by atoms with Crippen molar-refractivity contribution in [1.82, 2.24) is 5.32 Å². The van der Waals surface area contributed by atoms with E-state index in [1.54, 1.807) is 6.07 Å². The van der Waals surface area contributed by atoms with Crippen molar-refractivity contribution < 1.29 is 17.9 Å². The highest BCUT2D eigenvalue weighted by Gasteiger charge is 2.34. The van der Waals surface area contributed by atoms with Gasteiger partial charge in [-0.25, -0.2) is 13.6 Å². The molecule has 0 amide bonds. The lowest BCUT2D eigenvalue weighted by molar-refractivity contribution is 0.0960. The molecule has 2 atom stereocenters. The maximum absolute atomic E-state index is 11.1. The van der Waals surface area contributed by atoms with E-state index < -0.39 is 10.0 Å². The van der Waals surface area contributed by atoms with Crippen LogP contribution >= 0.6 is 0 Å². The van der Waals surface area contributed by atoms with Crippen LogP contribution in [0.4, 0.5) is 0 Å². The molecule has 0 aliphatic heterocycles. The Morgan fingerprint density at radius 1 is 1.55 bits per heavy atom. The summed E-state index contributed by atoms with van der Waals surface area (Å²) in [6.07, 6.45) is 4.08. The first-order chi connectivity index (χ1) is 9.35. The second kappa shape index (κ2) is 5.85. The van der Waals surface area contributed by atoms with Crippen molar-refractivity contribution in [2.45, 2.75) is 49.8 Å². The molecule has 1 fully saturated rings. The summed E-state index contributed by atoms with van der Waals surface area (Å²) < 4.78 is 27.5. The molecule has 0 bridgehead atoms. The van der Waals surface area contributed by atoms with Crippen LogP contribution in [0.15, 0.2) is 21.6 Å². The van der Waals surface area contributed by atoms with Crippen LogP contribution < -0.4 is 10.5 Å². The monoisotopic (exact) mass is 302 g/mol. The summed E-state index contributed by atoms with van der Waals surface area (Å²) >= 11 is 0. The van der Waals surface area contributed by atoms with Crippen LogP contribution in [0, 0.1) is 5.92 Å². The Morgan fingerprint density at radius 3 is 2.85 bits per heavy atom. The van der Waals surface area contributed by atoms with Crippen molar-refractivity contribution in [3.63, 3.8) is 0 Å². The molecule has 20 heavy (non-hydrogen) atoms. The summed E-state index contributed by atoms with van der Waals surface area (Å²) in [5.74, 6) is 1.07. The lowest BCUT2D eigenvalue weighted by atomic mass is 9.77. The molecule has 2 rings (SSSR count). The summed E-state index contributed by atoms with van der Waals surface area (Å²) in [6.45, 7) is 2.63. The van der Waals surface area contributed by atoms with E-state index in [2.05, 4.69) is 12.2 Å². The number of aliphatic hydroxyl groups is 1. The van der Waals surface area contributed by atoms with E-state index >= 15 is 0 Å². The van der Waals surface area contributed by atoms with Gasteiger partial charge >= 0.3 is 0 Å². The first-order valence-corrected chi connectivity index (χ1v) is 8.37. The van der Waals surface area contributed by atoms with E-state index in [9.17, 15) is 13.5 Å². The van der Waals surface area contributed by atoms with Crippen LogP contribution in [-0.4, -0.2) is 25.7 Å². The smallest absolute Gasteiger partial charge is 0.271 e. The lowest BCUT2D eigenvalue weighted by Gasteiger charge is -2.39. The third-order valence-electron chi connectivity index (χ3n) is 3.95. The van der Waals surface area contributed by atoms with E-state index in [-0.39, 0.29) is 17.2 Å². The Morgan fingerprint density at radius 2 is 2.30 bits per heavy atom. The van der Waals surface area contributed by atoms with Gasteiger partial charge in [0.05, 0.1) is 13.2 Å². The van der Waals surface area contributed by atoms with Gasteiger partial charge in [0.2, 0.25) is 5.09 Å². The molecule has 114 valence electrons. The van der Waals surface area contributed by atoms with Gasteiger partial charge in [-0.05, 0) is 30.9 Å². The molecule has 1 aromatic rings. The van der Waals surface area contributed by atoms with Crippen molar-refractivity contribution in [2.24, 2.45) is 11.1 Å². The van der Waals surface area contributed by atoms with Gasteiger partial charge in [-0.1, -0.05) is 19.8 Å². The average Bonchev–Trinajstić information content (AvgIpc) is 2.85. The number of primary sulfonamides is 1. The van der Waals surface area contributed by atoms with Crippen molar-refractivity contribution >= 4 is 10.0 Å². The second-order valence-electron chi connectivity index (χ2n) is 5.76. The number of nitrogens with one attached hydrogen (secondary N) is 1. The number of aliphatic hydroxyl groups excluding tert-OH is 1. The zero-order valence-corrected chi connectivity index (χ0v) is 12.4. The predicted molar refractivity (Wildman–Crippen MR) is 74.4 cm³/mol. The summed E-state index contributed by atoms with van der Waals surface area (Å²) in [5.41, 5.74) is -0.299. The third-order valence-corrected chi connectivity index (χ3v) is 4.73. The summed E-state index contributed by atoms with van der Waals surface area (Å²) in [6, 6.07) is 2.94. The van der Waals surface area contributed by atoms with Crippen molar-refractivity contribution in [1.29, 1.82) is 0 Å². The molecule has 1 saturated carbocycles. The molecule has 7 heteroatoms. The van der Waals surface area contributed by atoms with Crippen LogP contribution in [0.5, 0.6) is 0 Å². The Labute approximate surface area is 119 Å². The molecular weight excluding hydrogens is 280 g/mol. The fourth-order valence-corrected chi connectivity index (χ4v) is 3.38. The highest BCUT2D eigenvalue weighted by molar-refractivity contribution is 7.89. The van der Waals surface area contributed by atoms with Crippen LogP contribution in [0.1, 0.15) is 38.4 Å². The largest absolute Gasteiger partial charge is 0.447 e. The fraction of sp³-hybridized carbons (Fsp3) is 0.692. The predicted octanol–water partition coefficient (Wildman–Crippen LogP) is 0.958. The summed E-state index contributed by atoms with van der Waals surface area (Å²) in [7, 11) is -3.80. The third kappa shape index (κ3) is 3.60. The van der Waals surface area contributed by atoms with Gasteiger partial charge in [-0.2, -0.15) is 0 Å². The molecule has 1 aliphatic rings. The molecule has 1 aromatic heterocycles. The zero-order valence-electron chi connectivity index (χ0n) is 11.6. The first-order valence-electron chi connectivity index (χ1n) is 6.82. The Kier molecular flexibility index (Phi) is 4.53. The lowest BCUT2D eigenvalue weighted by Crippen LogP contribution is -2.51. The fourth-order valence-electron chi connectivity index (χ4n) is 2.90. The van der Waals surface area contributed by atoms with Crippen molar-refractivity contribution in [3.8, 4) is 0 Å². The molecule has 6 nitrogen and oxygen atoms in total. The second-order valence-corrected chi connectivity index (χ2v) is 7.25. The number of hydrogen-bond acceptors (Lipinski definition) is 5. The van der Waals surface area contributed by atoms with Gasteiger partial charge < -0.3 is 14.8 Å². The highest BCUT2D eigenvalue weighted by atomic mass is 32.2. The molecule has 0 aromatic carbocycles. The molecule has 2 unspecified atom stereocenters. The van der Waals surface area contributed by atoms with Gasteiger partial charge in [0.25, 0.3) is 10.0 Å². The topological polar surface area (TPSA) is 106 Å². The molecule has 0 saturated heterocycles. The van der Waals surface area contributed by atoms with Gasteiger partial charge in [-0.15, -0.1) is 0 Å². The Hall–Kier alpha value is -0.890. The normalized spacial score (nSPS) is 27.6. The number of furan rings is 1. The van der Waals surface area contributed by atoms with Crippen LogP contribution in [0.25, 0.3) is 0 Å². The maximum Gasteiger partial charge on any atom is 0.271 e. The van der Waals surface area contributed by atoms with Gasteiger partial charge in [-0.3, -0.25) is 0 Å². The van der Waals surface area contributed by atoms with Crippen molar-refractivity contribution in [3.05, 3.63) is 17.9 Å². The van der Waals surface area contributed by atoms with Crippen LogP contribution in [-0.2, 0) is 16.6 Å². The Balaban J connectivity index is 2.01. The Bertz CT molecular complexity index is 554. The van der Waals surface area contributed by atoms with Gasteiger partial charge in [0.1, 0.15) is 5.76 Å². The summed E-state index contributed by atoms with van der Waals surface area (Å²) in [4.78, 5) is 0. The zero-order chi connectivity index (χ0) is 14.8. The van der Waals surface area contributed by atoms with E-state index in [4.69, 9.17) is 9.56 Å². The number of nitrogens with two attached hydrogens (primary N) is 1. The highest BCUT2D eigenvalue weighted by Crippen LogP contribution is 2.32. The molecule has 0 spiro atoms. The SMILES string of the molecule is CC1CCCC(CO)(NCc2ccc(S(N)(=O)=O)o2)C1. The number of rotatable bonds is 5. The molecule has 0 radical (unpaired) electrons. The standard InChI is InChI=1S/C13H22N2O4S/c1-10-3-2-6-13(7-10,9-16)15-8-11-4-5-12(19-11)20(14,17)18/h4-5,10,15-16H,2-3,6-9H2,1H3,(H2,14,17,18). The minimum absolute atomic E-state index is 0.0695. The van der Waals surface area contributed by atoms with E-state index in [1.807, 2.05) is 0 Å². The van der Waals surface area contributed by atoms with Crippen molar-refractivity contribution in [2.75, 3.05) is 6.61 Å². The first kappa shape index (κ1) is 15.5. The average molecular weight is 302 g/mol. The van der Waals surface area contributed by atoms with Crippen LogP contribution in [0.3, 0.4) is 0 Å². The van der Waals surface area contributed by atoms with E-state index in [1.165, 1.54) is 12.5 Å².